The van der Waals surface area contributed by atoms with Crippen LogP contribution in [0.3, 0.4) is 0 Å². The number of benzene rings is 1. The molecule has 1 fully saturated rings. The monoisotopic (exact) mass is 358 g/mol. The Morgan fingerprint density at radius 2 is 1.85 bits per heavy atom. The van der Waals surface area contributed by atoms with Crippen LogP contribution in [0.2, 0.25) is 0 Å². The number of phenols is 2. The zero-order valence-corrected chi connectivity index (χ0v) is 16.0. The number of ether oxygens (including phenoxy) is 2. The molecule has 0 spiro atoms. The van der Waals surface area contributed by atoms with Gasteiger partial charge in [-0.2, -0.15) is 0 Å². The Kier molecular flexibility index (Phi) is 3.44. The molecular weight excluding hydrogens is 332 g/mol. The number of allylic oxidation sites excluding steroid dienone is 2. The molecule has 140 valence electrons. The fourth-order valence-corrected chi connectivity index (χ4v) is 5.47. The lowest BCUT2D eigenvalue weighted by atomic mass is 9.54. The molecule has 0 aromatic heterocycles. The molecule has 0 amide bonds. The number of hydrogen-bond acceptors (Lipinski definition) is 5. The molecule has 1 saturated carbocycles. The van der Waals surface area contributed by atoms with Crippen LogP contribution >= 0.6 is 0 Å². The molecule has 1 heterocycles. The summed E-state index contributed by atoms with van der Waals surface area (Å²) in [6.07, 6.45) is 3.01. The van der Waals surface area contributed by atoms with Gasteiger partial charge in [-0.1, -0.05) is 27.2 Å². The van der Waals surface area contributed by atoms with E-state index in [9.17, 15) is 15.0 Å². The van der Waals surface area contributed by atoms with Crippen molar-refractivity contribution in [1.82, 2.24) is 0 Å². The summed E-state index contributed by atoms with van der Waals surface area (Å²) in [5.74, 6) is 0.219. The first-order valence-corrected chi connectivity index (χ1v) is 9.25. The Bertz CT molecular complexity index is 864. The van der Waals surface area contributed by atoms with Crippen molar-refractivity contribution in [2.24, 2.45) is 5.41 Å². The molecule has 1 aliphatic heterocycles. The molecule has 0 saturated heterocycles. The van der Waals surface area contributed by atoms with Gasteiger partial charge in [-0.25, -0.2) is 0 Å². The minimum atomic E-state index is -0.581. The van der Waals surface area contributed by atoms with Crippen LogP contribution in [-0.4, -0.2) is 29.2 Å². The molecule has 5 heteroatoms. The van der Waals surface area contributed by atoms with E-state index in [0.717, 1.165) is 24.8 Å². The zero-order valence-electron chi connectivity index (χ0n) is 16.0. The number of hydrogen-bond donors (Lipinski definition) is 2. The molecule has 1 aromatic carbocycles. The zero-order chi connectivity index (χ0) is 19.0. The largest absolute Gasteiger partial charge is 0.507 e. The molecule has 3 aliphatic rings. The van der Waals surface area contributed by atoms with Crippen molar-refractivity contribution < 1.29 is 24.5 Å². The Balaban J connectivity index is 2.10. The number of Topliss-reactive ketones (excluding diaryl/α,β-unsaturated/α-hetero) is 1. The maximum absolute atomic E-state index is 13.3. The van der Waals surface area contributed by atoms with Gasteiger partial charge < -0.3 is 19.7 Å². The first kappa shape index (κ1) is 17.3. The van der Waals surface area contributed by atoms with E-state index in [-0.39, 0.29) is 34.4 Å². The van der Waals surface area contributed by atoms with Gasteiger partial charge in [0.25, 0.3) is 0 Å². The minimum Gasteiger partial charge on any atom is -0.507 e. The highest BCUT2D eigenvalue weighted by molar-refractivity contribution is 6.14. The van der Waals surface area contributed by atoms with Gasteiger partial charge in [0, 0.05) is 23.0 Å². The highest BCUT2D eigenvalue weighted by Crippen LogP contribution is 2.62. The van der Waals surface area contributed by atoms with Gasteiger partial charge in [0.15, 0.2) is 17.3 Å². The second-order valence-electron chi connectivity index (χ2n) is 8.69. The molecule has 0 bridgehead atoms. The van der Waals surface area contributed by atoms with Crippen LogP contribution in [0.15, 0.2) is 11.3 Å². The molecular formula is C21H26O5. The predicted molar refractivity (Wildman–Crippen MR) is 96.9 cm³/mol. The van der Waals surface area contributed by atoms with Crippen molar-refractivity contribution >= 4 is 5.78 Å². The van der Waals surface area contributed by atoms with E-state index in [1.807, 2.05) is 13.8 Å². The second kappa shape index (κ2) is 5.18. The van der Waals surface area contributed by atoms with Crippen molar-refractivity contribution in [3.8, 4) is 17.2 Å². The highest BCUT2D eigenvalue weighted by atomic mass is 16.5. The number of carbonyl (C=O) groups excluding carboxylic acids is 1. The summed E-state index contributed by atoms with van der Waals surface area (Å²) in [5, 5.41) is 22.0. The van der Waals surface area contributed by atoms with E-state index in [0.29, 0.717) is 29.1 Å². The van der Waals surface area contributed by atoms with Crippen molar-refractivity contribution in [1.29, 1.82) is 0 Å². The molecule has 0 radical (unpaired) electrons. The fourth-order valence-electron chi connectivity index (χ4n) is 5.47. The van der Waals surface area contributed by atoms with E-state index in [1.54, 1.807) is 0 Å². The molecule has 1 aromatic rings. The van der Waals surface area contributed by atoms with E-state index in [4.69, 9.17) is 9.47 Å². The third-order valence-corrected chi connectivity index (χ3v) is 6.43. The average Bonchev–Trinajstić information content (AvgIpc) is 2.95. The average molecular weight is 358 g/mol. The van der Waals surface area contributed by atoms with Crippen molar-refractivity contribution in [2.75, 3.05) is 7.11 Å². The Morgan fingerprint density at radius 1 is 1.15 bits per heavy atom. The Hall–Kier alpha value is -2.17. The lowest BCUT2D eigenvalue weighted by molar-refractivity contribution is 0.0902. The van der Waals surface area contributed by atoms with Crippen LogP contribution in [0.4, 0.5) is 0 Å². The molecule has 26 heavy (non-hydrogen) atoms. The second-order valence-corrected chi connectivity index (χ2v) is 8.69. The lowest BCUT2D eigenvalue weighted by Gasteiger charge is -2.49. The van der Waals surface area contributed by atoms with Crippen LogP contribution < -0.4 is 4.74 Å². The van der Waals surface area contributed by atoms with Gasteiger partial charge in [-0.15, -0.1) is 0 Å². The van der Waals surface area contributed by atoms with Gasteiger partial charge in [0.2, 0.25) is 5.78 Å². The van der Waals surface area contributed by atoms with Crippen LogP contribution in [0.5, 0.6) is 17.2 Å². The third-order valence-electron chi connectivity index (χ3n) is 6.43. The Labute approximate surface area is 153 Å². The van der Waals surface area contributed by atoms with Gasteiger partial charge in [-0.3, -0.25) is 4.79 Å². The first-order chi connectivity index (χ1) is 12.1. The van der Waals surface area contributed by atoms with Crippen LogP contribution in [0, 0.1) is 5.41 Å². The number of aromatic hydroxyl groups is 2. The smallest absolute Gasteiger partial charge is 0.231 e. The van der Waals surface area contributed by atoms with E-state index in [1.165, 1.54) is 7.11 Å². The number of fused-ring (bicyclic) bond motifs is 4. The molecule has 4 rings (SSSR count). The number of carbonyl (C=O) groups is 1. The maximum atomic E-state index is 13.3. The normalized spacial score (nSPS) is 29.0. The van der Waals surface area contributed by atoms with Crippen molar-refractivity contribution in [3.05, 3.63) is 28.0 Å². The summed E-state index contributed by atoms with van der Waals surface area (Å²) in [6, 6.07) is 0. The Morgan fingerprint density at radius 3 is 2.50 bits per heavy atom. The standard InChI is InChI=1S/C21H26O5/c1-10-9-11-14(22)12-13(16(24)17(11)26-10)21(4)8-6-7-20(2,3)19(21)18(25-5)15(12)23/h10,22,24H,6-9H2,1-5H3. The van der Waals surface area contributed by atoms with Crippen molar-refractivity contribution in [3.63, 3.8) is 0 Å². The minimum absolute atomic E-state index is 0.00152. The SMILES string of the molecule is COC1=C2C(C)(C)CCCC2(C)c2c(O)c3c(c(O)c2C1=O)CC(C)O3. The predicted octanol–water partition coefficient (Wildman–Crippen LogP) is 3.99. The summed E-state index contributed by atoms with van der Waals surface area (Å²) in [7, 11) is 1.51. The number of methoxy groups -OCH3 is 1. The summed E-state index contributed by atoms with van der Waals surface area (Å²) < 4.78 is 11.4. The van der Waals surface area contributed by atoms with Gasteiger partial charge in [-0.05, 0) is 30.8 Å². The van der Waals surface area contributed by atoms with E-state index >= 15 is 0 Å². The first-order valence-electron chi connectivity index (χ1n) is 9.25. The summed E-state index contributed by atoms with van der Waals surface area (Å²) in [4.78, 5) is 13.3. The van der Waals surface area contributed by atoms with Gasteiger partial charge >= 0.3 is 0 Å². The number of phenolic OH excluding ortho intramolecular Hbond substituents is 2. The summed E-state index contributed by atoms with van der Waals surface area (Å²) in [5.41, 5.74) is 1.29. The fraction of sp³-hybridized carbons (Fsp3) is 0.571. The summed E-state index contributed by atoms with van der Waals surface area (Å²) in [6.45, 7) is 8.15. The maximum Gasteiger partial charge on any atom is 0.231 e. The molecule has 5 nitrogen and oxygen atoms in total. The third kappa shape index (κ3) is 1.94. The molecule has 2 aliphatic carbocycles. The van der Waals surface area contributed by atoms with Crippen molar-refractivity contribution in [2.45, 2.75) is 64.9 Å². The van der Waals surface area contributed by atoms with Crippen LogP contribution in [-0.2, 0) is 16.6 Å². The molecule has 2 N–H and O–H groups in total. The van der Waals surface area contributed by atoms with Crippen LogP contribution in [0.1, 0.15) is 68.4 Å². The van der Waals surface area contributed by atoms with Gasteiger partial charge in [0.1, 0.15) is 11.9 Å². The van der Waals surface area contributed by atoms with Gasteiger partial charge in [0.05, 0.1) is 12.7 Å². The molecule has 2 atom stereocenters. The van der Waals surface area contributed by atoms with E-state index < -0.39 is 5.41 Å². The van der Waals surface area contributed by atoms with E-state index in [2.05, 4.69) is 13.8 Å². The molecule has 2 unspecified atom stereocenters. The number of rotatable bonds is 1. The lowest BCUT2D eigenvalue weighted by Crippen LogP contribution is -2.43. The summed E-state index contributed by atoms with van der Waals surface area (Å²) >= 11 is 0. The highest BCUT2D eigenvalue weighted by Gasteiger charge is 2.54. The topological polar surface area (TPSA) is 76.0 Å². The van der Waals surface area contributed by atoms with Crippen LogP contribution in [0.25, 0.3) is 0 Å². The quantitative estimate of drug-likeness (QED) is 0.743. The number of ketones is 1.